The second-order valence-electron chi connectivity index (χ2n) is 6.77. The van der Waals surface area contributed by atoms with Crippen LogP contribution in [0.25, 0.3) is 22.6 Å². The number of para-hydroxylation sites is 2. The summed E-state index contributed by atoms with van der Waals surface area (Å²) in [6.07, 6.45) is 0. The quantitative estimate of drug-likeness (QED) is 0.204. The molecule has 2 amide bonds. The molecule has 0 aliphatic rings. The number of oxazole rings is 1. The number of nitrogens with zero attached hydrogens (tertiary/aromatic N) is 2. The van der Waals surface area contributed by atoms with E-state index in [-0.39, 0.29) is 27.7 Å². The molecule has 34 heavy (non-hydrogen) atoms. The van der Waals surface area contributed by atoms with Gasteiger partial charge in [-0.3, -0.25) is 19.6 Å². The van der Waals surface area contributed by atoms with E-state index in [2.05, 4.69) is 15.0 Å². The van der Waals surface area contributed by atoms with Gasteiger partial charge in [0.15, 0.2) is 11.3 Å². The molecule has 0 atom stereocenters. The number of amides is 2. The first-order chi connectivity index (χ1) is 16.4. The number of hydrogen-bond donors (Lipinski definition) is 2. The van der Waals surface area contributed by atoms with Crippen LogP contribution >= 0.6 is 23.5 Å². The maximum absolute atomic E-state index is 12.4. The molecule has 4 aromatic rings. The predicted octanol–water partition coefficient (Wildman–Crippen LogP) is 5.68. The zero-order valence-corrected chi connectivity index (χ0v) is 19.0. The van der Waals surface area contributed by atoms with Crippen molar-refractivity contribution in [3.8, 4) is 17.2 Å². The van der Waals surface area contributed by atoms with Crippen molar-refractivity contribution >= 4 is 57.2 Å². The van der Waals surface area contributed by atoms with Crippen molar-refractivity contribution in [2.75, 3.05) is 12.4 Å². The normalized spacial score (nSPS) is 10.6. The number of carbonyl (C=O) groups is 2. The van der Waals surface area contributed by atoms with Crippen molar-refractivity contribution in [1.29, 1.82) is 0 Å². The number of rotatable bonds is 5. The van der Waals surface area contributed by atoms with E-state index in [1.54, 1.807) is 24.3 Å². The molecule has 0 radical (unpaired) electrons. The molecule has 0 fully saturated rings. The molecule has 172 valence electrons. The summed E-state index contributed by atoms with van der Waals surface area (Å²) in [5.74, 6) is 0.373. The Labute approximate surface area is 201 Å². The summed E-state index contributed by atoms with van der Waals surface area (Å²) in [5.41, 5.74) is 1.83. The molecule has 0 bridgehead atoms. The second kappa shape index (κ2) is 9.81. The molecule has 0 saturated carbocycles. The predicted molar refractivity (Wildman–Crippen MR) is 128 cm³/mol. The number of urea groups is 1. The molecular formula is C22H15ClN4O6S. The van der Waals surface area contributed by atoms with E-state index >= 15 is 0 Å². The number of fused-ring (bicyclic) bond motifs is 1. The number of carbonyl (C=O) groups excluding carboxylic acids is 2. The average Bonchev–Trinajstić information content (AvgIpc) is 3.27. The lowest BCUT2D eigenvalue weighted by Crippen LogP contribution is -2.24. The van der Waals surface area contributed by atoms with Gasteiger partial charge in [0.25, 0.3) is 0 Å². The van der Waals surface area contributed by atoms with Gasteiger partial charge < -0.3 is 14.5 Å². The Kier molecular flexibility index (Phi) is 6.66. The molecule has 1 aromatic heterocycles. The van der Waals surface area contributed by atoms with Gasteiger partial charge in [-0.05, 0) is 42.5 Å². The number of halogens is 1. The number of nitro groups is 1. The molecule has 0 aliphatic heterocycles. The van der Waals surface area contributed by atoms with Gasteiger partial charge in [0.1, 0.15) is 5.52 Å². The van der Waals surface area contributed by atoms with Crippen LogP contribution in [0.2, 0.25) is 5.02 Å². The van der Waals surface area contributed by atoms with Crippen molar-refractivity contribution in [2.45, 2.75) is 0 Å². The number of hydrogen-bond acceptors (Lipinski definition) is 8. The summed E-state index contributed by atoms with van der Waals surface area (Å²) < 4.78 is 13.0. The Morgan fingerprint density at radius 3 is 2.68 bits per heavy atom. The van der Waals surface area contributed by atoms with Gasteiger partial charge in [0, 0.05) is 29.1 Å². The molecule has 4 rings (SSSR count). The Hall–Kier alpha value is -4.09. The van der Waals surface area contributed by atoms with Crippen LogP contribution < -0.4 is 14.8 Å². The van der Waals surface area contributed by atoms with Crippen molar-refractivity contribution in [3.05, 3.63) is 81.4 Å². The van der Waals surface area contributed by atoms with Gasteiger partial charge >= 0.3 is 11.7 Å². The van der Waals surface area contributed by atoms with Crippen molar-refractivity contribution in [2.24, 2.45) is 0 Å². The molecule has 12 heteroatoms. The first kappa shape index (κ1) is 23.1. The Bertz CT molecular complexity index is 1390. The maximum atomic E-state index is 12.4. The highest BCUT2D eigenvalue weighted by Crippen LogP contribution is 2.31. The van der Waals surface area contributed by atoms with E-state index in [0.29, 0.717) is 34.5 Å². The summed E-state index contributed by atoms with van der Waals surface area (Å²) in [4.78, 5) is 39.6. The average molecular weight is 499 g/mol. The van der Waals surface area contributed by atoms with Crippen LogP contribution in [0.1, 0.15) is 10.4 Å². The number of nitrogens with one attached hydrogen (secondary N) is 2. The summed E-state index contributed by atoms with van der Waals surface area (Å²) in [7, 11) is 1.29. The highest BCUT2D eigenvalue weighted by atomic mass is 35.5. The zero-order valence-electron chi connectivity index (χ0n) is 17.4. The monoisotopic (exact) mass is 498 g/mol. The number of benzene rings is 3. The third-order valence-corrected chi connectivity index (χ3v) is 5.64. The molecule has 10 nitrogen and oxygen atoms in total. The molecule has 0 unspecified atom stereocenters. The summed E-state index contributed by atoms with van der Waals surface area (Å²) >= 11 is 6.66. The molecular weight excluding hydrogens is 484 g/mol. The molecule has 1 heterocycles. The van der Waals surface area contributed by atoms with Gasteiger partial charge in [0.2, 0.25) is 11.0 Å². The van der Waals surface area contributed by atoms with Crippen LogP contribution in [0.4, 0.5) is 16.2 Å². The van der Waals surface area contributed by atoms with Crippen molar-refractivity contribution in [3.63, 3.8) is 0 Å². The summed E-state index contributed by atoms with van der Waals surface area (Å²) in [6.45, 7) is 0. The minimum absolute atomic E-state index is 0.0192. The number of nitro benzene ring substituents is 1. The fourth-order valence-electron chi connectivity index (χ4n) is 3.01. The van der Waals surface area contributed by atoms with E-state index in [9.17, 15) is 19.7 Å². The fourth-order valence-corrected chi connectivity index (χ4v) is 3.65. The first-order valence-electron chi connectivity index (χ1n) is 9.62. The molecule has 0 aliphatic carbocycles. The van der Waals surface area contributed by atoms with E-state index in [4.69, 9.17) is 20.8 Å². The van der Waals surface area contributed by atoms with Crippen LogP contribution in [0.5, 0.6) is 5.75 Å². The lowest BCUT2D eigenvalue weighted by Gasteiger charge is -2.09. The number of ether oxygens (including phenoxy) is 1. The van der Waals surface area contributed by atoms with Gasteiger partial charge in [-0.2, -0.15) is 0 Å². The summed E-state index contributed by atoms with van der Waals surface area (Å²) in [5, 5.41) is 13.4. The van der Waals surface area contributed by atoms with E-state index in [1.165, 1.54) is 19.2 Å². The highest BCUT2D eigenvalue weighted by molar-refractivity contribution is 8.12. The standard InChI is InChI=1S/C22H15ClN4O6S/c1-32-19-9-7-13(11-17(19)27(30)31)21(28)34-26-22(29)25-16-10-12(6-8-14(16)23)20-24-15-4-2-3-5-18(15)33-20/h2-11H,1H3,(H2,25,26,29). The fraction of sp³-hybridized carbons (Fsp3) is 0.0455. The van der Waals surface area contributed by atoms with Crippen molar-refractivity contribution < 1.29 is 23.7 Å². The van der Waals surface area contributed by atoms with Gasteiger partial charge in [-0.1, -0.05) is 23.7 Å². The van der Waals surface area contributed by atoms with E-state index in [1.807, 2.05) is 18.2 Å². The number of methoxy groups -OCH3 is 1. The molecule has 0 spiro atoms. The summed E-state index contributed by atoms with van der Waals surface area (Å²) in [6, 6.07) is 15.2. The number of aromatic nitrogens is 1. The first-order valence-corrected chi connectivity index (χ1v) is 10.8. The number of anilines is 1. The highest BCUT2D eigenvalue weighted by Gasteiger charge is 2.19. The smallest absolute Gasteiger partial charge is 0.329 e. The molecule has 3 aromatic carbocycles. The Morgan fingerprint density at radius 2 is 1.94 bits per heavy atom. The lowest BCUT2D eigenvalue weighted by atomic mass is 10.2. The van der Waals surface area contributed by atoms with Gasteiger partial charge in [0.05, 0.1) is 22.7 Å². The molecule has 2 N–H and O–H groups in total. The van der Waals surface area contributed by atoms with Gasteiger partial charge in [-0.15, -0.1) is 0 Å². The maximum Gasteiger partial charge on any atom is 0.329 e. The van der Waals surface area contributed by atoms with E-state index < -0.39 is 16.1 Å². The lowest BCUT2D eigenvalue weighted by molar-refractivity contribution is -0.385. The van der Waals surface area contributed by atoms with Crippen LogP contribution in [-0.4, -0.2) is 28.2 Å². The van der Waals surface area contributed by atoms with Gasteiger partial charge in [-0.25, -0.2) is 9.78 Å². The second-order valence-corrected chi connectivity index (χ2v) is 7.96. The third kappa shape index (κ3) is 4.95. The third-order valence-electron chi connectivity index (χ3n) is 4.60. The Morgan fingerprint density at radius 1 is 1.15 bits per heavy atom. The largest absolute Gasteiger partial charge is 0.490 e. The van der Waals surface area contributed by atoms with E-state index in [0.717, 1.165) is 6.07 Å². The van der Waals surface area contributed by atoms with Crippen LogP contribution in [-0.2, 0) is 0 Å². The SMILES string of the molecule is COc1ccc(C(=O)SNC(=O)Nc2cc(-c3nc4ccccc4o3)ccc2Cl)cc1[N+](=O)[O-]. The Balaban J connectivity index is 1.44. The van der Waals surface area contributed by atoms with Crippen LogP contribution in [0.3, 0.4) is 0 Å². The minimum atomic E-state index is -0.724. The van der Waals surface area contributed by atoms with Crippen LogP contribution in [0, 0.1) is 10.1 Å². The van der Waals surface area contributed by atoms with Crippen LogP contribution in [0.15, 0.2) is 65.1 Å². The molecule has 0 saturated heterocycles. The topological polar surface area (TPSA) is 137 Å². The minimum Gasteiger partial charge on any atom is -0.490 e. The zero-order chi connectivity index (χ0) is 24.2. The van der Waals surface area contributed by atoms with Crippen molar-refractivity contribution in [1.82, 2.24) is 9.71 Å².